The first-order valence-corrected chi connectivity index (χ1v) is 9.14. The Labute approximate surface area is 109 Å². The Morgan fingerprint density at radius 3 is 2.47 bits per heavy atom. The molecule has 0 amide bonds. The molecule has 1 saturated carbocycles. The number of nitrogens with one attached hydrogen (secondary N) is 1. The standard InChI is InChI=1S/C11H24N2O2S2/c1-16-11(6-3-2-4-7-11)10-13-17(14,15)9-5-8-12/h13H,2-10,12H2,1H3. The molecule has 6 heteroatoms. The van der Waals surface area contributed by atoms with Crippen LogP contribution in [0.1, 0.15) is 38.5 Å². The Bertz CT molecular complexity index is 311. The maximum absolute atomic E-state index is 11.7. The van der Waals surface area contributed by atoms with Crippen molar-refractivity contribution in [3.05, 3.63) is 0 Å². The van der Waals surface area contributed by atoms with E-state index < -0.39 is 10.0 Å². The second-order valence-corrected chi connectivity index (χ2v) is 7.93. The third-order valence-corrected chi connectivity index (χ3v) is 6.26. The Kier molecular flexibility index (Phi) is 6.26. The molecule has 0 aliphatic heterocycles. The fourth-order valence-electron chi connectivity index (χ4n) is 2.24. The number of hydrogen-bond acceptors (Lipinski definition) is 4. The molecule has 102 valence electrons. The molecule has 4 nitrogen and oxygen atoms in total. The molecule has 0 heterocycles. The minimum Gasteiger partial charge on any atom is -0.330 e. The van der Waals surface area contributed by atoms with Crippen LogP contribution in [-0.4, -0.2) is 38.3 Å². The summed E-state index contributed by atoms with van der Waals surface area (Å²) in [7, 11) is -3.13. The van der Waals surface area contributed by atoms with Gasteiger partial charge in [0.25, 0.3) is 0 Å². The first kappa shape index (κ1) is 15.3. The van der Waals surface area contributed by atoms with Gasteiger partial charge in [-0.05, 0) is 32.1 Å². The molecule has 17 heavy (non-hydrogen) atoms. The Hall–Kier alpha value is 0.220. The van der Waals surface area contributed by atoms with Gasteiger partial charge in [0.1, 0.15) is 0 Å². The summed E-state index contributed by atoms with van der Waals surface area (Å²) in [5, 5.41) is 0. The lowest BCUT2D eigenvalue weighted by Gasteiger charge is -2.35. The van der Waals surface area contributed by atoms with E-state index in [0.29, 0.717) is 19.5 Å². The van der Waals surface area contributed by atoms with E-state index in [-0.39, 0.29) is 10.5 Å². The zero-order valence-corrected chi connectivity index (χ0v) is 12.2. The average molecular weight is 280 g/mol. The van der Waals surface area contributed by atoms with Crippen molar-refractivity contribution in [3.63, 3.8) is 0 Å². The SMILES string of the molecule is CSC1(CNS(=O)(=O)CCCN)CCCCC1. The highest BCUT2D eigenvalue weighted by Crippen LogP contribution is 2.38. The van der Waals surface area contributed by atoms with Crippen LogP contribution in [0.2, 0.25) is 0 Å². The van der Waals surface area contributed by atoms with Crippen molar-refractivity contribution in [1.82, 2.24) is 4.72 Å². The highest BCUT2D eigenvalue weighted by atomic mass is 32.2. The van der Waals surface area contributed by atoms with Gasteiger partial charge in [-0.25, -0.2) is 13.1 Å². The number of rotatable bonds is 7. The summed E-state index contributed by atoms with van der Waals surface area (Å²) in [5.74, 6) is 0.147. The highest BCUT2D eigenvalue weighted by Gasteiger charge is 2.32. The van der Waals surface area contributed by atoms with Crippen LogP contribution in [0, 0.1) is 0 Å². The van der Waals surface area contributed by atoms with Gasteiger partial charge in [-0.15, -0.1) is 0 Å². The predicted octanol–water partition coefficient (Wildman–Crippen LogP) is 1.32. The largest absolute Gasteiger partial charge is 0.330 e. The van der Waals surface area contributed by atoms with E-state index in [0.717, 1.165) is 12.8 Å². The molecule has 0 bridgehead atoms. The summed E-state index contributed by atoms with van der Waals surface area (Å²) in [6, 6.07) is 0. The fourth-order valence-corrected chi connectivity index (χ4v) is 4.43. The Morgan fingerprint density at radius 1 is 1.29 bits per heavy atom. The van der Waals surface area contributed by atoms with E-state index in [9.17, 15) is 8.42 Å². The topological polar surface area (TPSA) is 72.2 Å². The lowest BCUT2D eigenvalue weighted by Crippen LogP contribution is -2.42. The quantitative estimate of drug-likeness (QED) is 0.738. The Balaban J connectivity index is 2.46. The maximum Gasteiger partial charge on any atom is 0.211 e. The van der Waals surface area contributed by atoms with Gasteiger partial charge in [-0.3, -0.25) is 0 Å². The summed E-state index contributed by atoms with van der Waals surface area (Å²) in [6.07, 6.45) is 8.56. The van der Waals surface area contributed by atoms with Crippen molar-refractivity contribution >= 4 is 21.8 Å². The molecule has 0 aromatic heterocycles. The van der Waals surface area contributed by atoms with Crippen LogP contribution < -0.4 is 10.5 Å². The van der Waals surface area contributed by atoms with Crippen molar-refractivity contribution in [2.75, 3.05) is 25.1 Å². The molecule has 0 spiro atoms. The molecule has 0 saturated heterocycles. The van der Waals surface area contributed by atoms with Crippen molar-refractivity contribution in [1.29, 1.82) is 0 Å². The smallest absolute Gasteiger partial charge is 0.211 e. The van der Waals surface area contributed by atoms with Crippen LogP contribution in [0.3, 0.4) is 0 Å². The predicted molar refractivity (Wildman–Crippen MR) is 74.8 cm³/mol. The molecular formula is C11H24N2O2S2. The Morgan fingerprint density at radius 2 is 1.94 bits per heavy atom. The molecule has 1 aliphatic carbocycles. The second-order valence-electron chi connectivity index (χ2n) is 4.73. The molecule has 1 fully saturated rings. The van der Waals surface area contributed by atoms with Crippen molar-refractivity contribution in [2.45, 2.75) is 43.3 Å². The van der Waals surface area contributed by atoms with Crippen molar-refractivity contribution in [3.8, 4) is 0 Å². The van der Waals surface area contributed by atoms with Gasteiger partial charge in [0.2, 0.25) is 10.0 Å². The fraction of sp³-hybridized carbons (Fsp3) is 1.00. The van der Waals surface area contributed by atoms with Crippen molar-refractivity contribution < 1.29 is 8.42 Å². The first-order chi connectivity index (χ1) is 8.04. The normalized spacial score (nSPS) is 20.4. The van der Waals surface area contributed by atoms with E-state index in [2.05, 4.69) is 11.0 Å². The van der Waals surface area contributed by atoms with E-state index in [4.69, 9.17) is 5.73 Å². The molecule has 0 aromatic carbocycles. The van der Waals surface area contributed by atoms with Crippen LogP contribution in [0.5, 0.6) is 0 Å². The highest BCUT2D eigenvalue weighted by molar-refractivity contribution is 8.00. The van der Waals surface area contributed by atoms with Crippen LogP contribution in [-0.2, 0) is 10.0 Å². The van der Waals surface area contributed by atoms with Gasteiger partial charge >= 0.3 is 0 Å². The first-order valence-electron chi connectivity index (χ1n) is 6.26. The molecule has 1 rings (SSSR count). The molecule has 0 unspecified atom stereocenters. The van der Waals surface area contributed by atoms with Gasteiger partial charge < -0.3 is 5.73 Å². The summed E-state index contributed by atoms with van der Waals surface area (Å²) in [6.45, 7) is 0.996. The molecular weight excluding hydrogens is 256 g/mol. The van der Waals surface area contributed by atoms with Crippen LogP contribution in [0.4, 0.5) is 0 Å². The van der Waals surface area contributed by atoms with Crippen molar-refractivity contribution in [2.24, 2.45) is 5.73 Å². The molecule has 1 aliphatic rings. The van der Waals surface area contributed by atoms with Crippen LogP contribution >= 0.6 is 11.8 Å². The maximum atomic E-state index is 11.7. The molecule has 3 N–H and O–H groups in total. The minimum atomic E-state index is -3.13. The third kappa shape index (κ3) is 5.16. The van der Waals surface area contributed by atoms with E-state index >= 15 is 0 Å². The average Bonchev–Trinajstić information content (AvgIpc) is 2.35. The molecule has 0 radical (unpaired) electrons. The van der Waals surface area contributed by atoms with Gasteiger partial charge in [0, 0.05) is 11.3 Å². The van der Waals surface area contributed by atoms with Gasteiger partial charge in [-0.1, -0.05) is 19.3 Å². The zero-order valence-electron chi connectivity index (χ0n) is 10.6. The zero-order chi connectivity index (χ0) is 12.8. The van der Waals surface area contributed by atoms with Crippen LogP contribution in [0.25, 0.3) is 0 Å². The lowest BCUT2D eigenvalue weighted by molar-refractivity contribution is 0.395. The number of sulfonamides is 1. The lowest BCUT2D eigenvalue weighted by atomic mass is 9.88. The number of thioether (sulfide) groups is 1. The van der Waals surface area contributed by atoms with Gasteiger partial charge in [0.15, 0.2) is 0 Å². The summed E-state index contributed by atoms with van der Waals surface area (Å²) in [5.41, 5.74) is 5.33. The summed E-state index contributed by atoms with van der Waals surface area (Å²) < 4.78 is 26.3. The monoisotopic (exact) mass is 280 g/mol. The van der Waals surface area contributed by atoms with Gasteiger partial charge in [0.05, 0.1) is 5.75 Å². The molecule has 0 atom stereocenters. The summed E-state index contributed by atoms with van der Waals surface area (Å²) in [4.78, 5) is 0. The van der Waals surface area contributed by atoms with E-state index in [1.165, 1.54) is 19.3 Å². The number of hydrogen-bond donors (Lipinski definition) is 2. The summed E-state index contributed by atoms with van der Waals surface area (Å²) >= 11 is 1.81. The van der Waals surface area contributed by atoms with E-state index in [1.54, 1.807) is 11.8 Å². The van der Waals surface area contributed by atoms with Crippen LogP contribution in [0.15, 0.2) is 0 Å². The number of nitrogens with two attached hydrogens (primary N) is 1. The molecule has 0 aromatic rings. The van der Waals surface area contributed by atoms with E-state index in [1.807, 2.05) is 0 Å². The second kappa shape index (κ2) is 6.97. The third-order valence-electron chi connectivity index (χ3n) is 3.43. The minimum absolute atomic E-state index is 0.119. The van der Waals surface area contributed by atoms with Gasteiger partial charge in [-0.2, -0.15) is 11.8 Å².